The molecule has 12 heavy (non-hydrogen) atoms. The van der Waals surface area contributed by atoms with Crippen LogP contribution in [-0.4, -0.2) is 22.9 Å². The van der Waals surface area contributed by atoms with Crippen LogP contribution in [0.25, 0.3) is 0 Å². The molecule has 0 fully saturated rings. The molecular weight excluding hydrogens is 178 g/mol. The average molecular weight is 183 g/mol. The van der Waals surface area contributed by atoms with Crippen molar-refractivity contribution >= 4 is 28.9 Å². The van der Waals surface area contributed by atoms with Gasteiger partial charge in [-0.25, -0.2) is 9.59 Å². The highest BCUT2D eigenvalue weighted by molar-refractivity contribution is 8.15. The fourth-order valence-corrected chi connectivity index (χ4v) is 2.13. The predicted octanol–water partition coefficient (Wildman–Crippen LogP) is 1.12. The van der Waals surface area contributed by atoms with Gasteiger partial charge >= 0.3 is 12.1 Å². The number of rotatable bonds is 0. The Morgan fingerprint density at radius 1 is 1.50 bits per heavy atom. The fraction of sp³-hybridized carbons (Fsp3) is 0.286. The highest BCUT2D eigenvalue weighted by Crippen LogP contribution is 2.30. The van der Waals surface area contributed by atoms with Crippen LogP contribution in [0.5, 0.6) is 0 Å². The lowest BCUT2D eigenvalue weighted by Gasteiger charge is -2.07. The number of hydrogen-bond donors (Lipinski definition) is 0. The van der Waals surface area contributed by atoms with Crippen molar-refractivity contribution in [1.29, 1.82) is 0 Å². The first-order valence-corrected chi connectivity index (χ1v) is 4.35. The lowest BCUT2D eigenvalue weighted by molar-refractivity contribution is -0.132. The minimum absolute atomic E-state index is 0.472. The smallest absolute Gasteiger partial charge is 0.371 e. The first-order chi connectivity index (χ1) is 5.68. The van der Waals surface area contributed by atoms with Gasteiger partial charge in [-0.2, -0.15) is 4.99 Å². The molecule has 0 aromatic carbocycles. The van der Waals surface area contributed by atoms with Crippen molar-refractivity contribution in [3.63, 3.8) is 0 Å². The highest BCUT2D eigenvalue weighted by Gasteiger charge is 2.32. The van der Waals surface area contributed by atoms with Gasteiger partial charge in [0.05, 0.1) is 5.57 Å². The van der Waals surface area contributed by atoms with Gasteiger partial charge in [-0.15, -0.1) is 11.8 Å². The van der Waals surface area contributed by atoms with E-state index in [1.807, 2.05) is 6.92 Å². The number of amides is 1. The van der Waals surface area contributed by atoms with Crippen LogP contribution in [0.2, 0.25) is 0 Å². The van der Waals surface area contributed by atoms with E-state index in [0.29, 0.717) is 10.6 Å². The molecule has 0 unspecified atom stereocenters. The Morgan fingerprint density at radius 3 is 3.00 bits per heavy atom. The van der Waals surface area contributed by atoms with Crippen molar-refractivity contribution in [3.05, 3.63) is 11.1 Å². The molecule has 0 aromatic heterocycles. The van der Waals surface area contributed by atoms with E-state index in [-0.39, 0.29) is 0 Å². The Balaban J connectivity index is 2.53. The molecule has 0 saturated carbocycles. The normalized spacial score (nSPS) is 22.2. The lowest BCUT2D eigenvalue weighted by Crippen LogP contribution is -2.21. The third kappa shape index (κ3) is 0.972. The molecule has 0 aliphatic carbocycles. The molecule has 4 nitrogen and oxygen atoms in total. The molecule has 2 heterocycles. The maximum absolute atomic E-state index is 11.1. The van der Waals surface area contributed by atoms with Crippen LogP contribution in [0.1, 0.15) is 6.92 Å². The molecule has 0 spiro atoms. The molecule has 62 valence electrons. The van der Waals surface area contributed by atoms with Gasteiger partial charge in [-0.1, -0.05) is 0 Å². The summed E-state index contributed by atoms with van der Waals surface area (Å²) in [6.45, 7) is 1.84. The summed E-state index contributed by atoms with van der Waals surface area (Å²) in [4.78, 5) is 25.3. The van der Waals surface area contributed by atoms with Crippen molar-refractivity contribution < 1.29 is 14.3 Å². The number of esters is 1. The number of hydrogen-bond acceptors (Lipinski definition) is 4. The van der Waals surface area contributed by atoms with Crippen LogP contribution in [0.15, 0.2) is 16.1 Å². The Labute approximate surface area is 72.7 Å². The fourth-order valence-electron chi connectivity index (χ4n) is 1.09. The summed E-state index contributed by atoms with van der Waals surface area (Å²) in [5.74, 6) is 0.156. The zero-order valence-corrected chi connectivity index (χ0v) is 7.10. The monoisotopic (exact) mass is 183 g/mol. The van der Waals surface area contributed by atoms with Crippen LogP contribution in [0, 0.1) is 0 Å². The molecule has 0 aromatic rings. The van der Waals surface area contributed by atoms with Gasteiger partial charge in [0.1, 0.15) is 5.04 Å². The minimum atomic E-state index is -0.805. The third-order valence-electron chi connectivity index (χ3n) is 1.64. The first kappa shape index (κ1) is 7.54. The lowest BCUT2D eigenvalue weighted by atomic mass is 10.1. The Hall–Kier alpha value is -1.10. The van der Waals surface area contributed by atoms with Crippen molar-refractivity contribution in [2.24, 2.45) is 4.99 Å². The minimum Gasteiger partial charge on any atom is -0.371 e. The summed E-state index contributed by atoms with van der Waals surface area (Å²) < 4.78 is 4.33. The van der Waals surface area contributed by atoms with Gasteiger partial charge in [0.25, 0.3) is 0 Å². The van der Waals surface area contributed by atoms with Crippen LogP contribution in [0.3, 0.4) is 0 Å². The van der Waals surface area contributed by atoms with Crippen LogP contribution in [-0.2, 0) is 9.53 Å². The van der Waals surface area contributed by atoms with Crippen molar-refractivity contribution in [2.45, 2.75) is 6.92 Å². The molecule has 0 radical (unpaired) electrons. The number of cyclic esters (lactones) is 2. The van der Waals surface area contributed by atoms with E-state index >= 15 is 0 Å². The summed E-state index contributed by atoms with van der Waals surface area (Å²) in [6.07, 6.45) is -0.805. The van der Waals surface area contributed by atoms with Crippen molar-refractivity contribution in [3.8, 4) is 0 Å². The highest BCUT2D eigenvalue weighted by atomic mass is 32.2. The van der Waals surface area contributed by atoms with Crippen LogP contribution in [0.4, 0.5) is 4.79 Å². The third-order valence-corrected chi connectivity index (χ3v) is 2.79. The Morgan fingerprint density at radius 2 is 2.25 bits per heavy atom. The quantitative estimate of drug-likeness (QED) is 0.417. The van der Waals surface area contributed by atoms with E-state index in [1.165, 1.54) is 11.8 Å². The first-order valence-electron chi connectivity index (χ1n) is 3.36. The second-order valence-corrected chi connectivity index (χ2v) is 3.48. The number of aliphatic imine (C=N–C) groups is 1. The van der Waals surface area contributed by atoms with Crippen molar-refractivity contribution in [1.82, 2.24) is 0 Å². The maximum atomic E-state index is 11.1. The summed E-state index contributed by atoms with van der Waals surface area (Å²) in [5, 5.41) is 0.508. The predicted molar refractivity (Wildman–Crippen MR) is 44.1 cm³/mol. The Kier molecular flexibility index (Phi) is 1.54. The molecule has 0 saturated heterocycles. The topological polar surface area (TPSA) is 55.7 Å². The average Bonchev–Trinajstić information content (AvgIpc) is 2.31. The number of ether oxygens (including phenoxy) is 1. The van der Waals surface area contributed by atoms with Gasteiger partial charge in [0, 0.05) is 5.75 Å². The number of carbonyl (C=O) groups excluding carboxylic acids is 2. The number of thioether (sulfide) groups is 1. The molecule has 2 rings (SSSR count). The molecule has 2 aliphatic rings. The maximum Gasteiger partial charge on any atom is 0.442 e. The molecule has 1 amide bonds. The number of nitrogens with zero attached hydrogens (tertiary/aromatic N) is 1. The van der Waals surface area contributed by atoms with E-state index in [2.05, 4.69) is 9.73 Å². The second kappa shape index (κ2) is 2.45. The molecule has 0 atom stereocenters. The SMILES string of the molecule is CC1=C2C(=O)OC(=O)N=C2SC1. The number of fused-ring (bicyclic) bond motifs is 1. The van der Waals surface area contributed by atoms with Gasteiger partial charge in [-0.3, -0.25) is 0 Å². The second-order valence-electron chi connectivity index (χ2n) is 2.52. The summed E-state index contributed by atoms with van der Waals surface area (Å²) >= 11 is 1.40. The number of carbonyl (C=O) groups is 2. The van der Waals surface area contributed by atoms with E-state index in [1.54, 1.807) is 0 Å². The van der Waals surface area contributed by atoms with Gasteiger partial charge in [0.2, 0.25) is 0 Å². The van der Waals surface area contributed by atoms with Crippen molar-refractivity contribution in [2.75, 3.05) is 5.75 Å². The zero-order chi connectivity index (χ0) is 8.72. The van der Waals surface area contributed by atoms with E-state index in [9.17, 15) is 9.59 Å². The van der Waals surface area contributed by atoms with Gasteiger partial charge < -0.3 is 4.74 Å². The molecular formula is C7H5NO3S. The van der Waals surface area contributed by atoms with E-state index in [0.717, 1.165) is 11.3 Å². The largest absolute Gasteiger partial charge is 0.442 e. The Bertz CT molecular complexity index is 343. The summed E-state index contributed by atoms with van der Waals surface area (Å²) in [6, 6.07) is 0. The summed E-state index contributed by atoms with van der Waals surface area (Å²) in [7, 11) is 0. The van der Waals surface area contributed by atoms with Gasteiger partial charge in [-0.05, 0) is 12.5 Å². The van der Waals surface area contributed by atoms with Gasteiger partial charge in [0.15, 0.2) is 0 Å². The standard InChI is InChI=1S/C7H5NO3S/c1-3-2-12-5-4(3)6(9)11-7(10)8-5/h2H2,1H3. The molecule has 0 bridgehead atoms. The summed E-state index contributed by atoms with van der Waals surface area (Å²) in [5.41, 5.74) is 1.40. The van der Waals surface area contributed by atoms with Crippen LogP contribution >= 0.6 is 11.8 Å². The zero-order valence-electron chi connectivity index (χ0n) is 6.29. The molecule has 5 heteroatoms. The van der Waals surface area contributed by atoms with E-state index < -0.39 is 12.1 Å². The van der Waals surface area contributed by atoms with E-state index in [4.69, 9.17) is 0 Å². The molecule has 0 N–H and O–H groups in total. The molecule has 2 aliphatic heterocycles. The van der Waals surface area contributed by atoms with Crippen LogP contribution < -0.4 is 0 Å².